The lowest BCUT2D eigenvalue weighted by molar-refractivity contribution is -0.0375. The van der Waals surface area contributed by atoms with Gasteiger partial charge in [0.2, 0.25) is 0 Å². The van der Waals surface area contributed by atoms with Crippen LogP contribution in [-0.2, 0) is 4.74 Å². The molecule has 0 radical (unpaired) electrons. The number of halogens is 2. The Morgan fingerprint density at radius 3 is 2.55 bits per heavy atom. The minimum absolute atomic E-state index is 0.224. The zero-order chi connectivity index (χ0) is 14.5. The quantitative estimate of drug-likeness (QED) is 0.875. The number of hydrogen-bond acceptors (Lipinski definition) is 2. The molecular formula is C16H16BrFO2. The van der Waals surface area contributed by atoms with Crippen LogP contribution in [0.15, 0.2) is 53.0 Å². The maximum absolute atomic E-state index is 13.9. The fourth-order valence-corrected chi connectivity index (χ4v) is 2.48. The Morgan fingerprint density at radius 1 is 1.20 bits per heavy atom. The molecule has 4 heteroatoms. The monoisotopic (exact) mass is 338 g/mol. The highest BCUT2D eigenvalue weighted by Crippen LogP contribution is 2.34. The molecule has 0 saturated heterocycles. The molecule has 106 valence electrons. The Labute approximate surface area is 126 Å². The van der Waals surface area contributed by atoms with Crippen LogP contribution in [-0.4, -0.2) is 11.7 Å². The highest BCUT2D eigenvalue weighted by molar-refractivity contribution is 9.10. The van der Waals surface area contributed by atoms with Crippen molar-refractivity contribution in [2.75, 3.05) is 6.61 Å². The van der Waals surface area contributed by atoms with Gasteiger partial charge in [0.05, 0.1) is 0 Å². The van der Waals surface area contributed by atoms with Crippen LogP contribution >= 0.6 is 15.9 Å². The minimum atomic E-state index is -1.06. The number of rotatable bonds is 5. The summed E-state index contributed by atoms with van der Waals surface area (Å²) in [6.45, 7) is 2.28. The summed E-state index contributed by atoms with van der Waals surface area (Å²) in [5.41, 5.74) is 1.04. The van der Waals surface area contributed by atoms with Gasteiger partial charge in [0.25, 0.3) is 0 Å². The molecule has 2 nitrogen and oxygen atoms in total. The van der Waals surface area contributed by atoms with Crippen molar-refractivity contribution in [2.24, 2.45) is 0 Å². The number of aliphatic hydroxyl groups is 1. The van der Waals surface area contributed by atoms with Gasteiger partial charge in [-0.25, -0.2) is 4.39 Å². The molecule has 0 aliphatic heterocycles. The summed E-state index contributed by atoms with van der Waals surface area (Å²) < 4.78 is 20.2. The highest BCUT2D eigenvalue weighted by atomic mass is 79.9. The molecular weight excluding hydrogens is 323 g/mol. The first-order valence-electron chi connectivity index (χ1n) is 6.43. The van der Waals surface area contributed by atoms with Crippen LogP contribution in [0.1, 0.15) is 30.3 Å². The van der Waals surface area contributed by atoms with Crippen LogP contribution in [0, 0.1) is 5.82 Å². The second-order valence-electron chi connectivity index (χ2n) is 4.40. The molecule has 2 rings (SSSR count). The molecule has 2 atom stereocenters. The van der Waals surface area contributed by atoms with E-state index in [2.05, 4.69) is 15.9 Å². The third-order valence-electron chi connectivity index (χ3n) is 3.04. The van der Waals surface area contributed by atoms with Crippen LogP contribution in [0.4, 0.5) is 4.39 Å². The Kier molecular flexibility index (Phi) is 5.29. The van der Waals surface area contributed by atoms with Crippen molar-refractivity contribution in [1.29, 1.82) is 0 Å². The second kappa shape index (κ2) is 6.97. The summed E-state index contributed by atoms with van der Waals surface area (Å²) in [5, 5.41) is 10.5. The first-order chi connectivity index (χ1) is 9.63. The smallest absolute Gasteiger partial charge is 0.129 e. The summed E-state index contributed by atoms with van der Waals surface area (Å²) in [4.78, 5) is 0. The zero-order valence-electron chi connectivity index (χ0n) is 11.1. The van der Waals surface area contributed by atoms with Gasteiger partial charge in [0.1, 0.15) is 18.0 Å². The predicted octanol–water partition coefficient (Wildman–Crippen LogP) is 4.40. The zero-order valence-corrected chi connectivity index (χ0v) is 12.7. The summed E-state index contributed by atoms with van der Waals surface area (Å²) in [6.07, 6.45) is -1.65. The maximum atomic E-state index is 13.9. The maximum Gasteiger partial charge on any atom is 0.129 e. The molecule has 0 amide bonds. The first kappa shape index (κ1) is 15.2. The average Bonchev–Trinajstić information content (AvgIpc) is 2.47. The van der Waals surface area contributed by atoms with Crippen molar-refractivity contribution in [2.45, 2.75) is 19.1 Å². The summed E-state index contributed by atoms with van der Waals surface area (Å²) >= 11 is 3.29. The minimum Gasteiger partial charge on any atom is -0.385 e. The molecule has 0 aliphatic carbocycles. The second-order valence-corrected chi connectivity index (χ2v) is 5.31. The SMILES string of the molecule is CCOC(c1ccccc1)C(O)c1cc(Br)ccc1F. The Morgan fingerprint density at radius 2 is 1.90 bits per heavy atom. The van der Waals surface area contributed by atoms with E-state index in [1.54, 1.807) is 12.1 Å². The fraction of sp³-hybridized carbons (Fsp3) is 0.250. The Balaban J connectivity index is 2.36. The van der Waals surface area contributed by atoms with Gasteiger partial charge < -0.3 is 9.84 Å². The molecule has 2 aromatic rings. The molecule has 0 fully saturated rings. The molecule has 0 saturated carbocycles. The molecule has 0 spiro atoms. The van der Waals surface area contributed by atoms with E-state index in [1.165, 1.54) is 6.07 Å². The normalized spacial score (nSPS) is 14.0. The van der Waals surface area contributed by atoms with Gasteiger partial charge in [-0.2, -0.15) is 0 Å². The van der Waals surface area contributed by atoms with Gasteiger partial charge in [-0.1, -0.05) is 46.3 Å². The average molecular weight is 339 g/mol. The van der Waals surface area contributed by atoms with Gasteiger partial charge in [0, 0.05) is 16.6 Å². The number of aliphatic hydroxyl groups excluding tert-OH is 1. The third-order valence-corrected chi connectivity index (χ3v) is 3.53. The van der Waals surface area contributed by atoms with Crippen LogP contribution in [0.3, 0.4) is 0 Å². The highest BCUT2D eigenvalue weighted by Gasteiger charge is 2.25. The standard InChI is InChI=1S/C16H16BrFO2/c1-2-20-16(11-6-4-3-5-7-11)15(19)13-10-12(17)8-9-14(13)18/h3-10,15-16,19H,2H2,1H3. The molecule has 0 aromatic heterocycles. The van der Waals surface area contributed by atoms with Gasteiger partial charge in [0.15, 0.2) is 0 Å². The van der Waals surface area contributed by atoms with Gasteiger partial charge in [-0.15, -0.1) is 0 Å². The van der Waals surface area contributed by atoms with Crippen molar-refractivity contribution in [3.05, 3.63) is 69.9 Å². The Bertz CT molecular complexity index is 560. The lowest BCUT2D eigenvalue weighted by atomic mass is 9.98. The van der Waals surface area contributed by atoms with E-state index in [1.807, 2.05) is 37.3 Å². The molecule has 2 aromatic carbocycles. The van der Waals surface area contributed by atoms with E-state index in [0.717, 1.165) is 10.0 Å². The van der Waals surface area contributed by atoms with Crippen molar-refractivity contribution in [3.63, 3.8) is 0 Å². The van der Waals surface area contributed by atoms with E-state index in [9.17, 15) is 9.50 Å². The number of ether oxygens (including phenoxy) is 1. The molecule has 20 heavy (non-hydrogen) atoms. The summed E-state index contributed by atoms with van der Waals surface area (Å²) in [6, 6.07) is 13.9. The van der Waals surface area contributed by atoms with Crippen molar-refractivity contribution < 1.29 is 14.2 Å². The molecule has 1 N–H and O–H groups in total. The fourth-order valence-electron chi connectivity index (χ4n) is 2.10. The van der Waals surface area contributed by atoms with Crippen molar-refractivity contribution >= 4 is 15.9 Å². The summed E-state index contributed by atoms with van der Waals surface area (Å²) in [7, 11) is 0. The topological polar surface area (TPSA) is 29.5 Å². The van der Waals surface area contributed by atoms with E-state index >= 15 is 0 Å². The van der Waals surface area contributed by atoms with Gasteiger partial charge >= 0.3 is 0 Å². The van der Waals surface area contributed by atoms with Gasteiger partial charge in [-0.05, 0) is 30.7 Å². The van der Waals surface area contributed by atoms with Crippen molar-refractivity contribution in [3.8, 4) is 0 Å². The van der Waals surface area contributed by atoms with Crippen LogP contribution in [0.25, 0.3) is 0 Å². The lowest BCUT2D eigenvalue weighted by Crippen LogP contribution is -2.15. The van der Waals surface area contributed by atoms with E-state index < -0.39 is 18.0 Å². The molecule has 0 heterocycles. The van der Waals surface area contributed by atoms with Gasteiger partial charge in [-0.3, -0.25) is 0 Å². The molecule has 0 aliphatic rings. The van der Waals surface area contributed by atoms with E-state index in [0.29, 0.717) is 6.61 Å². The number of benzene rings is 2. The first-order valence-corrected chi connectivity index (χ1v) is 7.22. The Hall–Kier alpha value is -1.23. The number of hydrogen-bond donors (Lipinski definition) is 1. The third kappa shape index (κ3) is 3.45. The molecule has 0 bridgehead atoms. The van der Waals surface area contributed by atoms with Crippen LogP contribution < -0.4 is 0 Å². The summed E-state index contributed by atoms with van der Waals surface area (Å²) in [5.74, 6) is -0.443. The van der Waals surface area contributed by atoms with Crippen LogP contribution in [0.2, 0.25) is 0 Å². The van der Waals surface area contributed by atoms with Crippen LogP contribution in [0.5, 0.6) is 0 Å². The lowest BCUT2D eigenvalue weighted by Gasteiger charge is -2.24. The van der Waals surface area contributed by atoms with E-state index in [4.69, 9.17) is 4.74 Å². The largest absolute Gasteiger partial charge is 0.385 e. The van der Waals surface area contributed by atoms with Crippen molar-refractivity contribution in [1.82, 2.24) is 0 Å². The predicted molar refractivity (Wildman–Crippen MR) is 79.9 cm³/mol. The molecule has 2 unspecified atom stereocenters. The van der Waals surface area contributed by atoms with E-state index in [-0.39, 0.29) is 5.56 Å².